The standard InChI is InChI=1S/C18H22N4O5S2/c1-20-5-4-19-18(20)28-13-17(23)21-6-8-22(9-7-21)29(24,25)14-2-3-15-16(12-14)27-11-10-26-15/h2-5,12H,6-11,13H2,1H3. The van der Waals surface area contributed by atoms with E-state index >= 15 is 0 Å². The van der Waals surface area contributed by atoms with Gasteiger partial charge in [-0.25, -0.2) is 13.4 Å². The van der Waals surface area contributed by atoms with Crippen LogP contribution in [-0.2, 0) is 21.9 Å². The third-order valence-corrected chi connectivity index (χ3v) is 7.78. The lowest BCUT2D eigenvalue weighted by molar-refractivity contribution is -0.129. The smallest absolute Gasteiger partial charge is 0.243 e. The fraction of sp³-hybridized carbons (Fsp3) is 0.444. The monoisotopic (exact) mass is 438 g/mol. The predicted molar refractivity (Wildman–Crippen MR) is 107 cm³/mol. The van der Waals surface area contributed by atoms with E-state index in [1.54, 1.807) is 17.2 Å². The van der Waals surface area contributed by atoms with Gasteiger partial charge >= 0.3 is 0 Å². The number of aromatic nitrogens is 2. The van der Waals surface area contributed by atoms with Crippen LogP contribution in [0.3, 0.4) is 0 Å². The van der Waals surface area contributed by atoms with Crippen molar-refractivity contribution in [2.45, 2.75) is 10.1 Å². The first-order valence-corrected chi connectivity index (χ1v) is 11.7. The third-order valence-electron chi connectivity index (χ3n) is 4.84. The van der Waals surface area contributed by atoms with Gasteiger partial charge in [0.1, 0.15) is 13.2 Å². The lowest BCUT2D eigenvalue weighted by Gasteiger charge is -2.34. The fourth-order valence-electron chi connectivity index (χ4n) is 3.22. The van der Waals surface area contributed by atoms with Gasteiger partial charge in [0, 0.05) is 51.7 Å². The molecular formula is C18H22N4O5S2. The quantitative estimate of drug-likeness (QED) is 0.638. The summed E-state index contributed by atoms with van der Waals surface area (Å²) in [5.41, 5.74) is 0. The van der Waals surface area contributed by atoms with E-state index in [1.807, 2.05) is 17.8 Å². The van der Waals surface area contributed by atoms with Gasteiger partial charge in [-0.2, -0.15) is 4.31 Å². The summed E-state index contributed by atoms with van der Waals surface area (Å²) in [5.74, 6) is 1.25. The molecule has 3 heterocycles. The number of aryl methyl sites for hydroxylation is 1. The highest BCUT2D eigenvalue weighted by molar-refractivity contribution is 7.99. The van der Waals surface area contributed by atoms with Gasteiger partial charge < -0.3 is 18.9 Å². The Morgan fingerprint density at radius 1 is 1.14 bits per heavy atom. The van der Waals surface area contributed by atoms with Gasteiger partial charge in [-0.05, 0) is 12.1 Å². The average molecular weight is 439 g/mol. The number of imidazole rings is 1. The summed E-state index contributed by atoms with van der Waals surface area (Å²) in [6.07, 6.45) is 3.52. The molecule has 0 saturated carbocycles. The molecule has 1 aromatic heterocycles. The van der Waals surface area contributed by atoms with Crippen LogP contribution < -0.4 is 9.47 Å². The van der Waals surface area contributed by atoms with Crippen LogP contribution in [0.15, 0.2) is 40.6 Å². The van der Waals surface area contributed by atoms with Crippen LogP contribution in [0.5, 0.6) is 11.5 Å². The van der Waals surface area contributed by atoms with Crippen molar-refractivity contribution in [2.75, 3.05) is 45.1 Å². The summed E-state index contributed by atoms with van der Waals surface area (Å²) in [6.45, 7) is 2.10. The average Bonchev–Trinajstić information content (AvgIpc) is 3.16. The van der Waals surface area contributed by atoms with Gasteiger partial charge in [0.15, 0.2) is 16.7 Å². The summed E-state index contributed by atoms with van der Waals surface area (Å²) in [7, 11) is -1.78. The van der Waals surface area contributed by atoms with Crippen molar-refractivity contribution in [3.8, 4) is 11.5 Å². The number of fused-ring (bicyclic) bond motifs is 1. The Labute approximate surface area is 173 Å². The van der Waals surface area contributed by atoms with Crippen molar-refractivity contribution in [1.29, 1.82) is 0 Å². The van der Waals surface area contributed by atoms with Crippen LogP contribution in [0.1, 0.15) is 0 Å². The highest BCUT2D eigenvalue weighted by Gasteiger charge is 2.31. The number of piperazine rings is 1. The molecule has 0 atom stereocenters. The minimum atomic E-state index is -3.66. The van der Waals surface area contributed by atoms with Gasteiger partial charge in [0.2, 0.25) is 15.9 Å². The van der Waals surface area contributed by atoms with E-state index in [4.69, 9.17) is 9.47 Å². The maximum absolute atomic E-state index is 13.0. The molecule has 4 rings (SSSR count). The molecular weight excluding hydrogens is 416 g/mol. The number of sulfonamides is 1. The van der Waals surface area contributed by atoms with E-state index < -0.39 is 10.0 Å². The highest BCUT2D eigenvalue weighted by atomic mass is 32.2. The van der Waals surface area contributed by atoms with Gasteiger partial charge in [0.25, 0.3) is 0 Å². The van der Waals surface area contributed by atoms with E-state index in [9.17, 15) is 13.2 Å². The zero-order valence-electron chi connectivity index (χ0n) is 16.0. The Kier molecular flexibility index (Phi) is 5.70. The molecule has 0 aliphatic carbocycles. The maximum Gasteiger partial charge on any atom is 0.243 e. The SMILES string of the molecule is Cn1ccnc1SCC(=O)N1CCN(S(=O)(=O)c2ccc3c(c2)OCCO3)CC1. The number of hydrogen-bond donors (Lipinski definition) is 0. The fourth-order valence-corrected chi connectivity index (χ4v) is 5.49. The van der Waals surface area contributed by atoms with Gasteiger partial charge in [-0.3, -0.25) is 4.79 Å². The minimum Gasteiger partial charge on any atom is -0.486 e. The highest BCUT2D eigenvalue weighted by Crippen LogP contribution is 2.33. The maximum atomic E-state index is 13.0. The number of benzene rings is 1. The minimum absolute atomic E-state index is 0.0191. The topological polar surface area (TPSA) is 94.0 Å². The summed E-state index contributed by atoms with van der Waals surface area (Å²) < 4.78 is 40.2. The van der Waals surface area contributed by atoms with Crippen LogP contribution in [-0.4, -0.2) is 78.2 Å². The number of amides is 1. The van der Waals surface area contributed by atoms with Crippen molar-refractivity contribution in [1.82, 2.24) is 18.8 Å². The first-order chi connectivity index (χ1) is 13.9. The number of ether oxygens (including phenoxy) is 2. The number of hydrogen-bond acceptors (Lipinski definition) is 7. The normalized spacial score (nSPS) is 17.3. The molecule has 11 heteroatoms. The van der Waals surface area contributed by atoms with Crippen molar-refractivity contribution < 1.29 is 22.7 Å². The Balaban J connectivity index is 1.36. The number of thioether (sulfide) groups is 1. The van der Waals surface area contributed by atoms with Crippen LogP contribution in [0.4, 0.5) is 0 Å². The molecule has 1 fully saturated rings. The van der Waals surface area contributed by atoms with Crippen molar-refractivity contribution in [2.24, 2.45) is 7.05 Å². The molecule has 1 amide bonds. The molecule has 1 saturated heterocycles. The molecule has 0 radical (unpaired) electrons. The zero-order chi connectivity index (χ0) is 20.4. The van der Waals surface area contributed by atoms with Crippen LogP contribution in [0, 0.1) is 0 Å². The number of rotatable bonds is 5. The lowest BCUT2D eigenvalue weighted by Crippen LogP contribution is -2.51. The summed E-state index contributed by atoms with van der Waals surface area (Å²) in [5, 5.41) is 0.776. The first kappa shape index (κ1) is 20.0. The van der Waals surface area contributed by atoms with Crippen molar-refractivity contribution in [3.05, 3.63) is 30.6 Å². The number of carbonyl (C=O) groups excluding carboxylic acids is 1. The molecule has 1 aromatic carbocycles. The Morgan fingerprint density at radius 3 is 2.55 bits per heavy atom. The second kappa shape index (κ2) is 8.25. The molecule has 29 heavy (non-hydrogen) atoms. The molecule has 0 unspecified atom stereocenters. The van der Waals surface area contributed by atoms with Crippen molar-refractivity contribution in [3.63, 3.8) is 0 Å². The summed E-state index contributed by atoms with van der Waals surface area (Å²) in [6, 6.07) is 4.66. The van der Waals surface area contributed by atoms with E-state index in [0.29, 0.717) is 37.8 Å². The molecule has 156 valence electrons. The van der Waals surface area contributed by atoms with E-state index in [-0.39, 0.29) is 29.6 Å². The second-order valence-electron chi connectivity index (χ2n) is 6.70. The molecule has 0 bridgehead atoms. The van der Waals surface area contributed by atoms with Crippen molar-refractivity contribution >= 4 is 27.7 Å². The van der Waals surface area contributed by atoms with E-state index in [1.165, 1.54) is 28.2 Å². The first-order valence-electron chi connectivity index (χ1n) is 9.23. The largest absolute Gasteiger partial charge is 0.486 e. The van der Waals surface area contributed by atoms with Crippen LogP contribution >= 0.6 is 11.8 Å². The van der Waals surface area contributed by atoms with E-state index in [0.717, 1.165) is 5.16 Å². The Hall–Kier alpha value is -2.24. The van der Waals surface area contributed by atoms with Gasteiger partial charge in [-0.1, -0.05) is 11.8 Å². The molecule has 0 N–H and O–H groups in total. The van der Waals surface area contributed by atoms with Gasteiger partial charge in [0.05, 0.1) is 10.6 Å². The molecule has 0 spiro atoms. The molecule has 9 nitrogen and oxygen atoms in total. The van der Waals surface area contributed by atoms with E-state index in [2.05, 4.69) is 4.98 Å². The number of carbonyl (C=O) groups is 1. The summed E-state index contributed by atoms with van der Waals surface area (Å²) >= 11 is 1.37. The predicted octanol–water partition coefficient (Wildman–Crippen LogP) is 0.817. The molecule has 2 aliphatic heterocycles. The third kappa shape index (κ3) is 4.21. The zero-order valence-corrected chi connectivity index (χ0v) is 17.6. The number of nitrogens with zero attached hydrogens (tertiary/aromatic N) is 4. The molecule has 2 aliphatic rings. The molecule has 2 aromatic rings. The summed E-state index contributed by atoms with van der Waals surface area (Å²) in [4.78, 5) is 18.5. The lowest BCUT2D eigenvalue weighted by atomic mass is 10.3. The van der Waals surface area contributed by atoms with Crippen LogP contribution in [0.2, 0.25) is 0 Å². The second-order valence-corrected chi connectivity index (χ2v) is 9.58. The Morgan fingerprint density at radius 2 is 1.86 bits per heavy atom. The van der Waals surface area contributed by atoms with Crippen LogP contribution in [0.25, 0.3) is 0 Å². The van der Waals surface area contributed by atoms with Gasteiger partial charge in [-0.15, -0.1) is 0 Å². The Bertz CT molecular complexity index is 999.